The van der Waals surface area contributed by atoms with Gasteiger partial charge in [-0.15, -0.1) is 0 Å². The van der Waals surface area contributed by atoms with Crippen LogP contribution in [0.2, 0.25) is 0 Å². The molecule has 54 valence electrons. The van der Waals surface area contributed by atoms with Gasteiger partial charge in [0.05, 0.1) is 0 Å². The second-order valence-corrected chi connectivity index (χ2v) is 1.72. The molecular formula is C6H9F3. The van der Waals surface area contributed by atoms with Gasteiger partial charge in [-0.25, -0.2) is 0 Å². The maximum Gasteiger partial charge on any atom is 0.389 e. The minimum absolute atomic E-state index is 0.0972. The topological polar surface area (TPSA) is 0 Å². The Balaban J connectivity index is 3.28. The first kappa shape index (κ1) is 8.53. The summed E-state index contributed by atoms with van der Waals surface area (Å²) in [6, 6.07) is 0. The van der Waals surface area contributed by atoms with Crippen molar-refractivity contribution in [3.63, 3.8) is 0 Å². The Kier molecular flexibility index (Phi) is 3.35. The van der Waals surface area contributed by atoms with Gasteiger partial charge in [0.2, 0.25) is 0 Å². The second-order valence-electron chi connectivity index (χ2n) is 1.72. The van der Waals surface area contributed by atoms with Gasteiger partial charge >= 0.3 is 6.18 Å². The lowest BCUT2D eigenvalue weighted by Crippen LogP contribution is -2.05. The lowest BCUT2D eigenvalue weighted by atomic mass is 10.3. The first-order chi connectivity index (χ1) is 4.06. The highest BCUT2D eigenvalue weighted by Crippen LogP contribution is 2.21. The van der Waals surface area contributed by atoms with Gasteiger partial charge < -0.3 is 0 Å². The summed E-state index contributed by atoms with van der Waals surface area (Å²) >= 11 is 0. The molecule has 0 aliphatic heterocycles. The molecule has 0 aromatic heterocycles. The van der Waals surface area contributed by atoms with Crippen LogP contribution in [-0.4, -0.2) is 6.18 Å². The Morgan fingerprint density at radius 3 is 2.22 bits per heavy atom. The van der Waals surface area contributed by atoms with Crippen molar-refractivity contribution in [1.82, 2.24) is 0 Å². The minimum atomic E-state index is -4.00. The van der Waals surface area contributed by atoms with E-state index < -0.39 is 12.6 Å². The maximum absolute atomic E-state index is 11.3. The van der Waals surface area contributed by atoms with Crippen molar-refractivity contribution >= 4 is 0 Å². The van der Waals surface area contributed by atoms with E-state index >= 15 is 0 Å². The highest BCUT2D eigenvalue weighted by Gasteiger charge is 2.25. The summed E-state index contributed by atoms with van der Waals surface area (Å²) < 4.78 is 34.0. The van der Waals surface area contributed by atoms with Crippen LogP contribution < -0.4 is 0 Å². The standard InChI is InChI=1S/C6H9F3/c1-2-3-4-5-6(7,8)9/h2-3H,4-5H2,1H3. The number of allylic oxidation sites excluding steroid dienone is 2. The SMILES string of the molecule is CC=CCCC(F)(F)F. The number of hydrogen-bond donors (Lipinski definition) is 0. The van der Waals surface area contributed by atoms with Gasteiger partial charge in [0, 0.05) is 6.42 Å². The Labute approximate surface area is 52.4 Å². The number of halogens is 3. The molecule has 9 heavy (non-hydrogen) atoms. The molecular weight excluding hydrogens is 129 g/mol. The normalized spacial score (nSPS) is 12.9. The van der Waals surface area contributed by atoms with Crippen LogP contribution >= 0.6 is 0 Å². The highest BCUT2D eigenvalue weighted by atomic mass is 19.4. The van der Waals surface area contributed by atoms with Crippen molar-refractivity contribution in [2.24, 2.45) is 0 Å². The molecule has 0 saturated carbocycles. The maximum atomic E-state index is 11.3. The molecule has 0 nitrogen and oxygen atoms in total. The van der Waals surface area contributed by atoms with E-state index in [1.165, 1.54) is 6.08 Å². The van der Waals surface area contributed by atoms with E-state index in [0.29, 0.717) is 0 Å². The van der Waals surface area contributed by atoms with Gasteiger partial charge in [0.1, 0.15) is 0 Å². The minimum Gasteiger partial charge on any atom is -0.171 e. The van der Waals surface area contributed by atoms with Gasteiger partial charge in [0.25, 0.3) is 0 Å². The van der Waals surface area contributed by atoms with Gasteiger partial charge in [-0.3, -0.25) is 0 Å². The molecule has 0 saturated heterocycles. The van der Waals surface area contributed by atoms with Gasteiger partial charge in [-0.2, -0.15) is 13.2 Å². The summed E-state index contributed by atoms with van der Waals surface area (Å²) in [5.41, 5.74) is 0. The van der Waals surface area contributed by atoms with Crippen molar-refractivity contribution in [2.75, 3.05) is 0 Å². The van der Waals surface area contributed by atoms with E-state index in [9.17, 15) is 13.2 Å². The van der Waals surface area contributed by atoms with Crippen LogP contribution in [0.15, 0.2) is 12.2 Å². The predicted molar refractivity (Wildman–Crippen MR) is 30.1 cm³/mol. The van der Waals surface area contributed by atoms with Crippen molar-refractivity contribution in [2.45, 2.75) is 25.9 Å². The van der Waals surface area contributed by atoms with Gasteiger partial charge in [-0.05, 0) is 13.3 Å². The fraction of sp³-hybridized carbons (Fsp3) is 0.667. The molecule has 0 N–H and O–H groups in total. The Morgan fingerprint density at radius 2 is 1.89 bits per heavy atom. The molecule has 0 aromatic carbocycles. The van der Waals surface area contributed by atoms with E-state index in [4.69, 9.17) is 0 Å². The fourth-order valence-electron chi connectivity index (χ4n) is 0.414. The molecule has 0 atom stereocenters. The van der Waals surface area contributed by atoms with Crippen LogP contribution in [0, 0.1) is 0 Å². The molecule has 0 radical (unpaired) electrons. The molecule has 0 amide bonds. The van der Waals surface area contributed by atoms with Crippen molar-refractivity contribution in [3.05, 3.63) is 12.2 Å². The summed E-state index contributed by atoms with van der Waals surface area (Å²) in [5.74, 6) is 0. The fourth-order valence-corrected chi connectivity index (χ4v) is 0.414. The van der Waals surface area contributed by atoms with Gasteiger partial charge in [-0.1, -0.05) is 12.2 Å². The molecule has 0 bridgehead atoms. The molecule has 0 spiro atoms. The molecule has 3 heteroatoms. The second kappa shape index (κ2) is 3.54. The molecule has 0 heterocycles. The van der Waals surface area contributed by atoms with Crippen LogP contribution in [0.1, 0.15) is 19.8 Å². The van der Waals surface area contributed by atoms with E-state index in [2.05, 4.69) is 0 Å². The molecule has 0 unspecified atom stereocenters. The van der Waals surface area contributed by atoms with Crippen LogP contribution in [0.3, 0.4) is 0 Å². The number of rotatable bonds is 2. The quantitative estimate of drug-likeness (QED) is 0.514. The van der Waals surface area contributed by atoms with Crippen LogP contribution in [-0.2, 0) is 0 Å². The van der Waals surface area contributed by atoms with Crippen LogP contribution in [0.5, 0.6) is 0 Å². The highest BCUT2D eigenvalue weighted by molar-refractivity contribution is 4.77. The van der Waals surface area contributed by atoms with Crippen molar-refractivity contribution < 1.29 is 13.2 Å². The summed E-state index contributed by atoms with van der Waals surface area (Å²) in [6.45, 7) is 1.70. The third-order valence-electron chi connectivity index (χ3n) is 0.830. The average molecular weight is 138 g/mol. The number of hydrogen-bond acceptors (Lipinski definition) is 0. The van der Waals surface area contributed by atoms with Crippen LogP contribution in [0.4, 0.5) is 13.2 Å². The summed E-state index contributed by atoms with van der Waals surface area (Å²) in [6.07, 6.45) is -1.49. The van der Waals surface area contributed by atoms with Crippen molar-refractivity contribution in [3.8, 4) is 0 Å². The lowest BCUT2D eigenvalue weighted by Gasteiger charge is -2.01. The van der Waals surface area contributed by atoms with Gasteiger partial charge in [0.15, 0.2) is 0 Å². The summed E-state index contributed by atoms with van der Waals surface area (Å²) in [5, 5.41) is 0. The Bertz CT molecular complexity index is 91.0. The predicted octanol–water partition coefficient (Wildman–Crippen LogP) is 2.91. The molecule has 0 aliphatic carbocycles. The molecule has 0 aliphatic rings. The summed E-state index contributed by atoms with van der Waals surface area (Å²) in [7, 11) is 0. The Morgan fingerprint density at radius 1 is 1.33 bits per heavy atom. The molecule has 0 rings (SSSR count). The largest absolute Gasteiger partial charge is 0.389 e. The summed E-state index contributed by atoms with van der Waals surface area (Å²) in [4.78, 5) is 0. The third kappa shape index (κ3) is 7.53. The van der Waals surface area contributed by atoms with Crippen LogP contribution in [0.25, 0.3) is 0 Å². The van der Waals surface area contributed by atoms with E-state index in [0.717, 1.165) is 0 Å². The first-order valence-corrected chi connectivity index (χ1v) is 2.74. The zero-order chi connectivity index (χ0) is 7.33. The first-order valence-electron chi connectivity index (χ1n) is 2.74. The average Bonchev–Trinajstić information content (AvgIpc) is 1.63. The monoisotopic (exact) mass is 138 g/mol. The zero-order valence-corrected chi connectivity index (χ0v) is 5.20. The van der Waals surface area contributed by atoms with E-state index in [1.807, 2.05) is 0 Å². The number of alkyl halides is 3. The smallest absolute Gasteiger partial charge is 0.171 e. The third-order valence-corrected chi connectivity index (χ3v) is 0.830. The van der Waals surface area contributed by atoms with E-state index in [1.54, 1.807) is 13.0 Å². The van der Waals surface area contributed by atoms with Crippen molar-refractivity contribution in [1.29, 1.82) is 0 Å². The Hall–Kier alpha value is -0.470. The zero-order valence-electron chi connectivity index (χ0n) is 5.20. The molecule has 0 fully saturated rings. The van der Waals surface area contributed by atoms with E-state index in [-0.39, 0.29) is 6.42 Å². The lowest BCUT2D eigenvalue weighted by molar-refractivity contribution is -0.133. The molecule has 0 aromatic rings.